The SMILES string of the molecule is COc1cccc(Nc2nnc(SCC(=O)N(C)C3CCCc4ccccc43)s2)c1. The number of amides is 1. The van der Waals surface area contributed by atoms with Gasteiger partial charge in [0, 0.05) is 18.8 Å². The molecule has 2 aromatic carbocycles. The van der Waals surface area contributed by atoms with E-state index in [2.05, 4.69) is 39.8 Å². The second-order valence-electron chi connectivity index (χ2n) is 7.13. The lowest BCUT2D eigenvalue weighted by atomic mass is 9.87. The second kappa shape index (κ2) is 9.49. The molecule has 1 heterocycles. The number of ether oxygens (including phenoxy) is 1. The van der Waals surface area contributed by atoms with Crippen LogP contribution in [-0.2, 0) is 11.2 Å². The molecular formula is C22H24N4O2S2. The Kier molecular flexibility index (Phi) is 6.54. The Morgan fingerprint density at radius 1 is 1.27 bits per heavy atom. The summed E-state index contributed by atoms with van der Waals surface area (Å²) in [7, 11) is 3.55. The Morgan fingerprint density at radius 2 is 2.13 bits per heavy atom. The van der Waals surface area contributed by atoms with Gasteiger partial charge in [-0.2, -0.15) is 0 Å². The first-order chi connectivity index (χ1) is 14.6. The van der Waals surface area contributed by atoms with E-state index in [0.717, 1.165) is 35.0 Å². The summed E-state index contributed by atoms with van der Waals surface area (Å²) in [6, 6.07) is 16.3. The zero-order valence-electron chi connectivity index (χ0n) is 17.0. The van der Waals surface area contributed by atoms with Crippen molar-refractivity contribution in [1.82, 2.24) is 15.1 Å². The number of hydrogen-bond acceptors (Lipinski definition) is 7. The normalized spacial score (nSPS) is 15.3. The van der Waals surface area contributed by atoms with Gasteiger partial charge in [0.1, 0.15) is 5.75 Å². The Hall–Kier alpha value is -2.58. The van der Waals surface area contributed by atoms with Crippen molar-refractivity contribution < 1.29 is 9.53 Å². The number of rotatable bonds is 7. The van der Waals surface area contributed by atoms with Crippen LogP contribution in [-0.4, -0.2) is 40.9 Å². The predicted octanol–water partition coefficient (Wildman–Crippen LogP) is 4.92. The number of nitrogens with one attached hydrogen (secondary N) is 1. The first-order valence-electron chi connectivity index (χ1n) is 9.85. The van der Waals surface area contributed by atoms with Crippen LogP contribution in [0.5, 0.6) is 5.75 Å². The summed E-state index contributed by atoms with van der Waals surface area (Å²) in [5.41, 5.74) is 3.53. The van der Waals surface area contributed by atoms with Gasteiger partial charge in [0.05, 0.1) is 18.9 Å². The number of fused-ring (bicyclic) bond motifs is 1. The van der Waals surface area contributed by atoms with E-state index in [-0.39, 0.29) is 11.9 Å². The fourth-order valence-corrected chi connectivity index (χ4v) is 5.37. The molecule has 0 spiro atoms. The minimum Gasteiger partial charge on any atom is -0.497 e. The number of anilines is 2. The summed E-state index contributed by atoms with van der Waals surface area (Å²) in [5.74, 6) is 1.24. The molecule has 1 aliphatic carbocycles. The molecule has 30 heavy (non-hydrogen) atoms. The first-order valence-corrected chi connectivity index (χ1v) is 11.6. The molecule has 4 rings (SSSR count). The van der Waals surface area contributed by atoms with Crippen LogP contribution < -0.4 is 10.1 Å². The van der Waals surface area contributed by atoms with Crippen LogP contribution >= 0.6 is 23.1 Å². The fraction of sp³-hybridized carbons (Fsp3) is 0.318. The topological polar surface area (TPSA) is 67.3 Å². The lowest BCUT2D eigenvalue weighted by Gasteiger charge is -2.33. The van der Waals surface area contributed by atoms with Crippen molar-refractivity contribution in [1.29, 1.82) is 0 Å². The molecule has 0 saturated heterocycles. The third-order valence-electron chi connectivity index (χ3n) is 5.25. The standard InChI is InChI=1S/C22H24N4O2S2/c1-26(19-12-5-8-15-7-3-4-11-18(15)19)20(27)14-29-22-25-24-21(30-22)23-16-9-6-10-17(13-16)28-2/h3-4,6-7,9-11,13,19H,5,8,12,14H2,1-2H3,(H,23,24). The fourth-order valence-electron chi connectivity index (χ4n) is 3.67. The summed E-state index contributed by atoms with van der Waals surface area (Å²) in [6.07, 6.45) is 3.22. The van der Waals surface area contributed by atoms with Gasteiger partial charge >= 0.3 is 0 Å². The van der Waals surface area contributed by atoms with Crippen LogP contribution in [0, 0.1) is 0 Å². The molecule has 0 aliphatic heterocycles. The van der Waals surface area contributed by atoms with Crippen molar-refractivity contribution in [2.45, 2.75) is 29.6 Å². The van der Waals surface area contributed by atoms with Gasteiger partial charge in [0.15, 0.2) is 4.34 Å². The maximum Gasteiger partial charge on any atom is 0.233 e. The number of nitrogens with zero attached hydrogens (tertiary/aromatic N) is 3. The van der Waals surface area contributed by atoms with E-state index in [1.807, 2.05) is 36.2 Å². The maximum atomic E-state index is 12.8. The monoisotopic (exact) mass is 440 g/mol. The summed E-state index contributed by atoms with van der Waals surface area (Å²) in [4.78, 5) is 14.7. The van der Waals surface area contributed by atoms with Gasteiger partial charge in [-0.15, -0.1) is 10.2 Å². The summed E-state index contributed by atoms with van der Waals surface area (Å²) < 4.78 is 6.01. The molecule has 8 heteroatoms. The highest BCUT2D eigenvalue weighted by molar-refractivity contribution is 8.01. The van der Waals surface area contributed by atoms with Crippen molar-refractivity contribution in [3.8, 4) is 5.75 Å². The van der Waals surface area contributed by atoms with Gasteiger partial charge in [0.25, 0.3) is 0 Å². The van der Waals surface area contributed by atoms with Crippen molar-refractivity contribution in [3.63, 3.8) is 0 Å². The highest BCUT2D eigenvalue weighted by Gasteiger charge is 2.26. The number of benzene rings is 2. The van der Waals surface area contributed by atoms with E-state index >= 15 is 0 Å². The van der Waals surface area contributed by atoms with Gasteiger partial charge in [0.2, 0.25) is 11.0 Å². The number of hydrogen-bond donors (Lipinski definition) is 1. The molecule has 0 fully saturated rings. The largest absolute Gasteiger partial charge is 0.497 e. The van der Waals surface area contributed by atoms with Gasteiger partial charge < -0.3 is 15.0 Å². The van der Waals surface area contributed by atoms with Crippen molar-refractivity contribution in [3.05, 3.63) is 59.7 Å². The molecule has 0 saturated carbocycles. The number of carbonyl (C=O) groups excluding carboxylic acids is 1. The van der Waals surface area contributed by atoms with Crippen LogP contribution in [0.1, 0.15) is 30.0 Å². The highest BCUT2D eigenvalue weighted by Crippen LogP contribution is 2.34. The van der Waals surface area contributed by atoms with E-state index in [1.165, 1.54) is 34.2 Å². The molecule has 1 unspecified atom stereocenters. The minimum atomic E-state index is 0.110. The van der Waals surface area contributed by atoms with Crippen molar-refractivity contribution >= 4 is 39.8 Å². The summed E-state index contributed by atoms with van der Waals surface area (Å²) in [6.45, 7) is 0. The van der Waals surface area contributed by atoms with Crippen molar-refractivity contribution in [2.24, 2.45) is 0 Å². The zero-order valence-corrected chi connectivity index (χ0v) is 18.6. The zero-order chi connectivity index (χ0) is 20.9. The number of thioether (sulfide) groups is 1. The quantitative estimate of drug-likeness (QED) is 0.526. The molecular weight excluding hydrogens is 416 g/mol. The van der Waals surface area contributed by atoms with E-state index in [4.69, 9.17) is 4.74 Å². The van der Waals surface area contributed by atoms with E-state index < -0.39 is 0 Å². The summed E-state index contributed by atoms with van der Waals surface area (Å²) >= 11 is 2.87. The van der Waals surface area contributed by atoms with E-state index in [9.17, 15) is 4.79 Å². The van der Waals surface area contributed by atoms with Crippen LogP contribution in [0.2, 0.25) is 0 Å². The lowest BCUT2D eigenvalue weighted by molar-refractivity contribution is -0.129. The molecule has 3 aromatic rings. The Morgan fingerprint density at radius 3 is 3.00 bits per heavy atom. The lowest BCUT2D eigenvalue weighted by Crippen LogP contribution is -2.34. The third-order valence-corrected chi connectivity index (χ3v) is 7.20. The molecule has 6 nitrogen and oxygen atoms in total. The number of carbonyl (C=O) groups is 1. The number of aromatic nitrogens is 2. The molecule has 1 aliphatic rings. The van der Waals surface area contributed by atoms with Crippen LogP contribution in [0.3, 0.4) is 0 Å². The van der Waals surface area contributed by atoms with Gasteiger partial charge in [-0.1, -0.05) is 53.4 Å². The second-order valence-corrected chi connectivity index (χ2v) is 9.33. The molecule has 1 amide bonds. The van der Waals surface area contributed by atoms with Gasteiger partial charge in [-0.25, -0.2) is 0 Å². The average Bonchev–Trinajstić information content (AvgIpc) is 3.24. The van der Waals surface area contributed by atoms with Crippen LogP contribution in [0.4, 0.5) is 10.8 Å². The number of methoxy groups -OCH3 is 1. The molecule has 0 radical (unpaired) electrons. The van der Waals surface area contributed by atoms with E-state index in [1.54, 1.807) is 7.11 Å². The predicted molar refractivity (Wildman–Crippen MR) is 122 cm³/mol. The molecule has 1 N–H and O–H groups in total. The molecule has 1 aromatic heterocycles. The molecule has 0 bridgehead atoms. The third kappa shape index (κ3) is 4.76. The number of aryl methyl sites for hydroxylation is 1. The highest BCUT2D eigenvalue weighted by atomic mass is 32.2. The first kappa shape index (κ1) is 20.7. The minimum absolute atomic E-state index is 0.110. The Bertz CT molecular complexity index is 1020. The van der Waals surface area contributed by atoms with Gasteiger partial charge in [-0.05, 0) is 42.5 Å². The Labute approximate surface area is 184 Å². The van der Waals surface area contributed by atoms with Crippen LogP contribution in [0.15, 0.2) is 52.9 Å². The van der Waals surface area contributed by atoms with E-state index in [0.29, 0.717) is 10.9 Å². The Balaban J connectivity index is 1.34. The van der Waals surface area contributed by atoms with Gasteiger partial charge in [-0.3, -0.25) is 4.79 Å². The molecule has 156 valence electrons. The maximum absolute atomic E-state index is 12.8. The van der Waals surface area contributed by atoms with Crippen molar-refractivity contribution in [2.75, 3.05) is 25.2 Å². The smallest absolute Gasteiger partial charge is 0.233 e. The summed E-state index contributed by atoms with van der Waals surface area (Å²) in [5, 5.41) is 12.3. The van der Waals surface area contributed by atoms with Crippen LogP contribution in [0.25, 0.3) is 0 Å². The molecule has 1 atom stereocenters. The average molecular weight is 441 g/mol.